The zero-order valence-electron chi connectivity index (χ0n) is 8.40. The Balaban J connectivity index is 2.66. The molecule has 0 spiro atoms. The number of carbonyl (C=O) groups is 1. The summed E-state index contributed by atoms with van der Waals surface area (Å²) in [7, 11) is 0. The Kier molecular flexibility index (Phi) is 2.44. The van der Waals surface area contributed by atoms with Crippen LogP contribution >= 0.6 is 0 Å². The van der Waals surface area contributed by atoms with Gasteiger partial charge in [0.25, 0.3) is 0 Å². The minimum atomic E-state index is -1.18. The summed E-state index contributed by atoms with van der Waals surface area (Å²) >= 11 is 0. The number of benzene rings is 1. The molecule has 0 amide bonds. The minimum absolute atomic E-state index is 0.0527. The lowest BCUT2D eigenvalue weighted by atomic mass is 10.1. The molecular weight excluding hydrogens is 213 g/mol. The maximum Gasteiger partial charge on any atom is 0.341 e. The second-order valence-corrected chi connectivity index (χ2v) is 3.26. The molecular formula is C11H8FNO3. The molecule has 0 atom stereocenters. The molecule has 0 saturated heterocycles. The highest BCUT2D eigenvalue weighted by molar-refractivity contribution is 5.95. The van der Waals surface area contributed by atoms with Gasteiger partial charge in [-0.05, 0) is 19.1 Å². The fourth-order valence-electron chi connectivity index (χ4n) is 1.45. The highest BCUT2D eigenvalue weighted by Gasteiger charge is 2.22. The minimum Gasteiger partial charge on any atom is -0.477 e. The van der Waals surface area contributed by atoms with E-state index in [0.29, 0.717) is 0 Å². The van der Waals surface area contributed by atoms with Crippen LogP contribution < -0.4 is 0 Å². The van der Waals surface area contributed by atoms with Gasteiger partial charge < -0.3 is 9.63 Å². The number of rotatable bonds is 2. The predicted octanol–water partition coefficient (Wildman–Crippen LogP) is 2.49. The molecule has 5 heteroatoms. The monoisotopic (exact) mass is 221 g/mol. The summed E-state index contributed by atoms with van der Waals surface area (Å²) in [6, 6.07) is 5.80. The van der Waals surface area contributed by atoms with Crippen molar-refractivity contribution in [3.05, 3.63) is 41.3 Å². The van der Waals surface area contributed by atoms with E-state index in [1.807, 2.05) is 0 Å². The maximum atomic E-state index is 13.4. The number of halogens is 1. The molecule has 1 heterocycles. The van der Waals surface area contributed by atoms with Gasteiger partial charge in [-0.3, -0.25) is 0 Å². The summed E-state index contributed by atoms with van der Waals surface area (Å²) in [6.07, 6.45) is 0. The predicted molar refractivity (Wildman–Crippen MR) is 53.6 cm³/mol. The first-order chi connectivity index (χ1) is 7.61. The standard InChI is InChI=1S/C11H8FNO3/c1-6-9(11(14)15)10(16-13-6)7-4-2-3-5-8(7)12/h2-5H,1H3,(H,14,15). The van der Waals surface area contributed by atoms with Gasteiger partial charge in [-0.1, -0.05) is 17.3 Å². The van der Waals surface area contributed by atoms with Crippen LogP contribution in [0.3, 0.4) is 0 Å². The Hall–Kier alpha value is -2.17. The molecule has 4 nitrogen and oxygen atoms in total. The molecule has 0 radical (unpaired) electrons. The van der Waals surface area contributed by atoms with E-state index in [0.717, 1.165) is 0 Å². The lowest BCUT2D eigenvalue weighted by Gasteiger charge is -1.99. The normalized spacial score (nSPS) is 10.4. The van der Waals surface area contributed by atoms with Crippen molar-refractivity contribution in [2.75, 3.05) is 0 Å². The fourth-order valence-corrected chi connectivity index (χ4v) is 1.45. The quantitative estimate of drug-likeness (QED) is 0.846. The number of carboxylic acid groups (broad SMARTS) is 1. The van der Waals surface area contributed by atoms with E-state index in [1.54, 1.807) is 6.07 Å². The van der Waals surface area contributed by atoms with Gasteiger partial charge in [0.1, 0.15) is 11.4 Å². The van der Waals surface area contributed by atoms with Crippen molar-refractivity contribution in [1.29, 1.82) is 0 Å². The molecule has 2 aromatic rings. The average molecular weight is 221 g/mol. The first kappa shape index (κ1) is 10.4. The van der Waals surface area contributed by atoms with Crippen LogP contribution in [0.4, 0.5) is 4.39 Å². The summed E-state index contributed by atoms with van der Waals surface area (Å²) in [6.45, 7) is 1.50. The molecule has 0 aliphatic heterocycles. The number of aryl methyl sites for hydroxylation is 1. The number of aromatic nitrogens is 1. The van der Waals surface area contributed by atoms with Crippen LogP contribution in [-0.4, -0.2) is 16.2 Å². The summed E-state index contributed by atoms with van der Waals surface area (Å²) in [4.78, 5) is 11.0. The van der Waals surface area contributed by atoms with Crippen molar-refractivity contribution >= 4 is 5.97 Å². The zero-order valence-corrected chi connectivity index (χ0v) is 8.40. The Morgan fingerprint density at radius 3 is 2.75 bits per heavy atom. The van der Waals surface area contributed by atoms with Crippen LogP contribution in [0.25, 0.3) is 11.3 Å². The molecule has 1 N–H and O–H groups in total. The Labute approximate surface area is 90.3 Å². The third-order valence-electron chi connectivity index (χ3n) is 2.20. The van der Waals surface area contributed by atoms with E-state index < -0.39 is 11.8 Å². The van der Waals surface area contributed by atoms with Gasteiger partial charge in [0.2, 0.25) is 0 Å². The molecule has 0 aliphatic carbocycles. The summed E-state index contributed by atoms with van der Waals surface area (Å²) in [5.74, 6) is -1.78. The van der Waals surface area contributed by atoms with Crippen molar-refractivity contribution < 1.29 is 18.8 Å². The largest absolute Gasteiger partial charge is 0.477 e. The topological polar surface area (TPSA) is 63.3 Å². The number of nitrogens with zero attached hydrogens (tertiary/aromatic N) is 1. The second-order valence-electron chi connectivity index (χ2n) is 3.26. The number of aromatic carboxylic acids is 1. The zero-order chi connectivity index (χ0) is 11.7. The van der Waals surface area contributed by atoms with Crippen molar-refractivity contribution in [2.45, 2.75) is 6.92 Å². The molecule has 0 bridgehead atoms. The summed E-state index contributed by atoms with van der Waals surface area (Å²) < 4.78 is 18.3. The second kappa shape index (κ2) is 3.77. The molecule has 0 unspecified atom stereocenters. The number of hydrogen-bond acceptors (Lipinski definition) is 3. The Morgan fingerprint density at radius 1 is 1.44 bits per heavy atom. The molecule has 1 aromatic carbocycles. The molecule has 1 aromatic heterocycles. The van der Waals surface area contributed by atoms with Crippen LogP contribution in [-0.2, 0) is 0 Å². The Bertz CT molecular complexity index is 548. The average Bonchev–Trinajstić information content (AvgIpc) is 2.61. The van der Waals surface area contributed by atoms with Crippen LogP contribution in [0.1, 0.15) is 16.1 Å². The van der Waals surface area contributed by atoms with Gasteiger partial charge in [-0.2, -0.15) is 0 Å². The molecule has 0 fully saturated rings. The Morgan fingerprint density at radius 2 is 2.12 bits per heavy atom. The molecule has 2 rings (SSSR count). The highest BCUT2D eigenvalue weighted by atomic mass is 19.1. The van der Waals surface area contributed by atoms with Crippen LogP contribution in [0.5, 0.6) is 0 Å². The van der Waals surface area contributed by atoms with Gasteiger partial charge in [-0.25, -0.2) is 9.18 Å². The van der Waals surface area contributed by atoms with Crippen molar-refractivity contribution in [2.24, 2.45) is 0 Å². The summed E-state index contributed by atoms with van der Waals surface area (Å²) in [5.41, 5.74) is 0.219. The van der Waals surface area contributed by atoms with E-state index in [1.165, 1.54) is 25.1 Å². The van der Waals surface area contributed by atoms with Gasteiger partial charge >= 0.3 is 5.97 Å². The van der Waals surface area contributed by atoms with Crippen LogP contribution in [0.2, 0.25) is 0 Å². The SMILES string of the molecule is Cc1noc(-c2ccccc2F)c1C(=O)O. The van der Waals surface area contributed by atoms with Gasteiger partial charge in [-0.15, -0.1) is 0 Å². The van der Waals surface area contributed by atoms with Crippen molar-refractivity contribution in [3.63, 3.8) is 0 Å². The highest BCUT2D eigenvalue weighted by Crippen LogP contribution is 2.28. The lowest BCUT2D eigenvalue weighted by molar-refractivity contribution is 0.0696. The van der Waals surface area contributed by atoms with Crippen molar-refractivity contribution in [3.8, 4) is 11.3 Å². The first-order valence-electron chi connectivity index (χ1n) is 4.55. The third-order valence-corrected chi connectivity index (χ3v) is 2.20. The molecule has 0 saturated carbocycles. The number of hydrogen-bond donors (Lipinski definition) is 1. The van der Waals surface area contributed by atoms with Gasteiger partial charge in [0.15, 0.2) is 5.76 Å². The van der Waals surface area contributed by atoms with Crippen LogP contribution in [0, 0.1) is 12.7 Å². The first-order valence-corrected chi connectivity index (χ1v) is 4.55. The van der Waals surface area contributed by atoms with Gasteiger partial charge in [0, 0.05) is 0 Å². The lowest BCUT2D eigenvalue weighted by Crippen LogP contribution is -1.99. The van der Waals surface area contributed by atoms with Gasteiger partial charge in [0.05, 0.1) is 11.3 Å². The van der Waals surface area contributed by atoms with E-state index in [4.69, 9.17) is 9.63 Å². The number of carboxylic acids is 1. The summed E-state index contributed by atoms with van der Waals surface area (Å²) in [5, 5.41) is 12.5. The fraction of sp³-hybridized carbons (Fsp3) is 0.0909. The third kappa shape index (κ3) is 1.56. The van der Waals surface area contributed by atoms with Crippen molar-refractivity contribution in [1.82, 2.24) is 5.16 Å². The van der Waals surface area contributed by atoms with E-state index in [9.17, 15) is 9.18 Å². The maximum absolute atomic E-state index is 13.4. The molecule has 0 aliphatic rings. The molecule has 16 heavy (non-hydrogen) atoms. The van der Waals surface area contributed by atoms with E-state index in [-0.39, 0.29) is 22.6 Å². The molecule has 82 valence electrons. The van der Waals surface area contributed by atoms with E-state index in [2.05, 4.69) is 5.16 Å². The van der Waals surface area contributed by atoms with E-state index >= 15 is 0 Å². The van der Waals surface area contributed by atoms with Crippen LogP contribution in [0.15, 0.2) is 28.8 Å². The smallest absolute Gasteiger partial charge is 0.341 e.